The van der Waals surface area contributed by atoms with Crippen molar-refractivity contribution in [1.82, 2.24) is 15.2 Å². The zero-order chi connectivity index (χ0) is 24.2. The molecule has 0 spiro atoms. The van der Waals surface area contributed by atoms with Gasteiger partial charge < -0.3 is 10.4 Å². The number of aromatic hydroxyl groups is 1. The van der Waals surface area contributed by atoms with E-state index in [0.29, 0.717) is 34.0 Å². The highest BCUT2D eigenvalue weighted by Gasteiger charge is 2.26. The number of amides is 1. The fourth-order valence-electron chi connectivity index (χ4n) is 4.97. The molecule has 1 aliphatic rings. The average molecular weight is 486 g/mol. The molecule has 1 fully saturated rings. The molecular formula is C29H28ClN3O2. The van der Waals surface area contributed by atoms with E-state index in [4.69, 9.17) is 11.6 Å². The molecule has 1 aromatic heterocycles. The molecule has 0 saturated carbocycles. The molecule has 0 radical (unpaired) electrons. The summed E-state index contributed by atoms with van der Waals surface area (Å²) >= 11 is 6.55. The van der Waals surface area contributed by atoms with Gasteiger partial charge in [-0.05, 0) is 61.2 Å². The van der Waals surface area contributed by atoms with E-state index in [1.165, 1.54) is 5.56 Å². The largest absolute Gasteiger partial charge is 0.505 e. The Hall–Kier alpha value is -3.41. The third-order valence-corrected chi connectivity index (χ3v) is 7.13. The van der Waals surface area contributed by atoms with Crippen LogP contribution in [0.5, 0.6) is 5.75 Å². The van der Waals surface area contributed by atoms with Crippen LogP contribution in [-0.2, 0) is 4.79 Å². The predicted molar refractivity (Wildman–Crippen MR) is 140 cm³/mol. The van der Waals surface area contributed by atoms with E-state index in [1.54, 1.807) is 18.3 Å². The smallest absolute Gasteiger partial charge is 0.234 e. The number of likely N-dealkylation sites (tertiary alicyclic amines) is 1. The van der Waals surface area contributed by atoms with Crippen molar-refractivity contribution < 1.29 is 9.90 Å². The molecule has 1 amide bonds. The van der Waals surface area contributed by atoms with Crippen LogP contribution >= 0.6 is 11.6 Å². The van der Waals surface area contributed by atoms with E-state index in [9.17, 15) is 9.90 Å². The first kappa shape index (κ1) is 23.3. The molecule has 2 heterocycles. The van der Waals surface area contributed by atoms with Crippen molar-refractivity contribution in [1.29, 1.82) is 0 Å². The predicted octanol–water partition coefficient (Wildman–Crippen LogP) is 5.68. The van der Waals surface area contributed by atoms with Gasteiger partial charge in [0.2, 0.25) is 5.91 Å². The van der Waals surface area contributed by atoms with Gasteiger partial charge in [-0.2, -0.15) is 0 Å². The van der Waals surface area contributed by atoms with E-state index in [0.717, 1.165) is 31.5 Å². The summed E-state index contributed by atoms with van der Waals surface area (Å²) in [6.07, 6.45) is 3.69. The third-order valence-electron chi connectivity index (χ3n) is 6.82. The van der Waals surface area contributed by atoms with E-state index < -0.39 is 6.04 Å². The number of fused-ring (bicyclic) bond motifs is 1. The molecular weight excluding hydrogens is 458 g/mol. The summed E-state index contributed by atoms with van der Waals surface area (Å²) in [7, 11) is 0. The number of hydrogen-bond acceptors (Lipinski definition) is 4. The second-order valence-corrected chi connectivity index (χ2v) is 9.48. The fourth-order valence-corrected chi connectivity index (χ4v) is 5.24. The van der Waals surface area contributed by atoms with Gasteiger partial charge in [0, 0.05) is 17.1 Å². The fraction of sp³-hybridized carbons (Fsp3) is 0.241. The molecule has 5 rings (SSSR count). The van der Waals surface area contributed by atoms with Gasteiger partial charge in [-0.15, -0.1) is 0 Å². The number of carbonyl (C=O) groups is 1. The maximum absolute atomic E-state index is 13.2. The summed E-state index contributed by atoms with van der Waals surface area (Å²) in [6.45, 7) is 2.06. The number of halogens is 1. The van der Waals surface area contributed by atoms with Crippen LogP contribution in [0.2, 0.25) is 5.02 Å². The van der Waals surface area contributed by atoms with Crippen molar-refractivity contribution in [2.75, 3.05) is 19.6 Å². The molecule has 0 bridgehead atoms. The average Bonchev–Trinajstić information content (AvgIpc) is 2.91. The Kier molecular flexibility index (Phi) is 6.98. The Morgan fingerprint density at radius 3 is 2.43 bits per heavy atom. The molecule has 35 heavy (non-hydrogen) atoms. The molecule has 2 N–H and O–H groups in total. The van der Waals surface area contributed by atoms with Crippen LogP contribution in [0.15, 0.2) is 85.1 Å². The first-order valence-electron chi connectivity index (χ1n) is 12.0. The van der Waals surface area contributed by atoms with Crippen LogP contribution in [0.1, 0.15) is 41.5 Å². The van der Waals surface area contributed by atoms with Gasteiger partial charge in [-0.25, -0.2) is 0 Å². The Bertz CT molecular complexity index is 1310. The summed E-state index contributed by atoms with van der Waals surface area (Å²) in [4.78, 5) is 19.7. The minimum absolute atomic E-state index is 0.0304. The van der Waals surface area contributed by atoms with Crippen molar-refractivity contribution in [3.63, 3.8) is 0 Å². The molecule has 1 saturated heterocycles. The van der Waals surface area contributed by atoms with Crippen molar-refractivity contribution in [3.8, 4) is 5.75 Å². The van der Waals surface area contributed by atoms with Crippen LogP contribution < -0.4 is 5.32 Å². The lowest BCUT2D eigenvalue weighted by molar-refractivity contribution is -0.123. The van der Waals surface area contributed by atoms with Gasteiger partial charge in [0.05, 0.1) is 17.6 Å². The maximum atomic E-state index is 13.2. The van der Waals surface area contributed by atoms with Gasteiger partial charge in [-0.3, -0.25) is 14.7 Å². The maximum Gasteiger partial charge on any atom is 0.234 e. The number of aromatic nitrogens is 1. The number of rotatable bonds is 6. The van der Waals surface area contributed by atoms with Crippen molar-refractivity contribution in [2.45, 2.75) is 24.8 Å². The number of phenols is 1. The van der Waals surface area contributed by atoms with E-state index in [1.807, 2.05) is 42.5 Å². The van der Waals surface area contributed by atoms with Crippen LogP contribution in [0, 0.1) is 0 Å². The first-order valence-corrected chi connectivity index (χ1v) is 12.4. The molecule has 178 valence electrons. The topological polar surface area (TPSA) is 65.5 Å². The Morgan fingerprint density at radius 2 is 1.71 bits per heavy atom. The molecule has 4 aromatic rings. The van der Waals surface area contributed by atoms with Crippen molar-refractivity contribution in [3.05, 3.63) is 107 Å². The molecule has 0 aliphatic carbocycles. The summed E-state index contributed by atoms with van der Waals surface area (Å²) in [5.74, 6) is 0.480. The van der Waals surface area contributed by atoms with Crippen molar-refractivity contribution in [2.24, 2.45) is 0 Å². The molecule has 1 unspecified atom stereocenters. The lowest BCUT2D eigenvalue weighted by atomic mass is 9.89. The minimum Gasteiger partial charge on any atom is -0.505 e. The van der Waals surface area contributed by atoms with E-state index >= 15 is 0 Å². The number of benzene rings is 3. The number of nitrogens with one attached hydrogen (secondary N) is 1. The van der Waals surface area contributed by atoms with Crippen LogP contribution in [-0.4, -0.2) is 40.5 Å². The highest BCUT2D eigenvalue weighted by atomic mass is 35.5. The second kappa shape index (κ2) is 10.5. The van der Waals surface area contributed by atoms with Gasteiger partial charge >= 0.3 is 0 Å². The summed E-state index contributed by atoms with van der Waals surface area (Å²) in [5.41, 5.74) is 3.19. The zero-order valence-corrected chi connectivity index (χ0v) is 20.2. The van der Waals surface area contributed by atoms with E-state index in [-0.39, 0.29) is 11.7 Å². The minimum atomic E-state index is -0.547. The lowest BCUT2D eigenvalue weighted by Gasteiger charge is -2.32. The number of phenolic OH excluding ortho intramolecular Hbond substituents is 1. The monoisotopic (exact) mass is 485 g/mol. The number of nitrogens with zero attached hydrogens (tertiary/aromatic N) is 2. The number of hydrogen-bond donors (Lipinski definition) is 2. The molecule has 1 atom stereocenters. The normalized spacial score (nSPS) is 15.7. The van der Waals surface area contributed by atoms with Crippen LogP contribution in [0.3, 0.4) is 0 Å². The van der Waals surface area contributed by atoms with Crippen LogP contribution in [0.4, 0.5) is 0 Å². The summed E-state index contributed by atoms with van der Waals surface area (Å²) < 4.78 is 0. The highest BCUT2D eigenvalue weighted by Crippen LogP contribution is 2.38. The van der Waals surface area contributed by atoms with Gasteiger partial charge in [0.1, 0.15) is 11.3 Å². The van der Waals surface area contributed by atoms with E-state index in [2.05, 4.69) is 39.5 Å². The summed E-state index contributed by atoms with van der Waals surface area (Å²) in [5, 5.41) is 15.4. The van der Waals surface area contributed by atoms with Gasteiger partial charge in [0.25, 0.3) is 0 Å². The SMILES string of the molecule is O=C(CN1CCC(c2ccccc2)CC1)NC(c1ccccc1)c1cc(Cl)c2cccnc2c1O. The Balaban J connectivity index is 1.34. The van der Waals surface area contributed by atoms with Crippen LogP contribution in [0.25, 0.3) is 10.9 Å². The van der Waals surface area contributed by atoms with Gasteiger partial charge in [-0.1, -0.05) is 72.3 Å². The first-order chi connectivity index (χ1) is 17.1. The number of carbonyl (C=O) groups excluding carboxylic acids is 1. The highest BCUT2D eigenvalue weighted by molar-refractivity contribution is 6.35. The quantitative estimate of drug-likeness (QED) is 0.369. The number of pyridine rings is 1. The Labute approximate surface area is 210 Å². The Morgan fingerprint density at radius 1 is 1.03 bits per heavy atom. The summed E-state index contributed by atoms with van der Waals surface area (Å²) in [6, 6.07) is 25.0. The standard InChI is InChI=1S/C29H28ClN3O2/c30-25-18-24(29(35)28-23(25)12-7-15-31-28)27(22-10-5-2-6-11-22)32-26(34)19-33-16-13-21(14-17-33)20-8-3-1-4-9-20/h1-12,15,18,21,27,35H,13-14,16-17,19H2,(H,32,34). The van der Waals surface area contributed by atoms with Crippen molar-refractivity contribution >= 4 is 28.4 Å². The molecule has 6 heteroatoms. The zero-order valence-electron chi connectivity index (χ0n) is 19.4. The second-order valence-electron chi connectivity index (χ2n) is 9.07. The lowest BCUT2D eigenvalue weighted by Crippen LogP contribution is -2.42. The van der Waals surface area contributed by atoms with Gasteiger partial charge in [0.15, 0.2) is 0 Å². The number of piperidine rings is 1. The molecule has 3 aromatic carbocycles. The molecule has 1 aliphatic heterocycles. The third kappa shape index (κ3) is 5.16. The molecule has 5 nitrogen and oxygen atoms in total.